The third-order valence-corrected chi connectivity index (χ3v) is 7.90. The first-order valence-electron chi connectivity index (χ1n) is 11.6. The van der Waals surface area contributed by atoms with Gasteiger partial charge in [0.1, 0.15) is 6.04 Å². The van der Waals surface area contributed by atoms with E-state index in [-0.39, 0.29) is 24.1 Å². The van der Waals surface area contributed by atoms with Crippen LogP contribution in [0, 0.1) is 5.92 Å². The maximum Gasteiger partial charge on any atom is 0.255 e. The first-order valence-corrected chi connectivity index (χ1v) is 12.5. The molecule has 1 saturated heterocycles. The molecular weight excluding hydrogens is 420 g/mol. The van der Waals surface area contributed by atoms with E-state index in [4.69, 9.17) is 0 Å². The van der Waals surface area contributed by atoms with E-state index in [1.165, 1.54) is 36.8 Å². The standard InChI is InChI=1S/C26H28N2O3S/c29-24-14-13-22(25(30)27-24)28-15-21-20(26(28)31)5-2-6-23(21)32-16-19-11-9-18(10-12-19)4-1-3-17-7-8-17/h2,5-6,9-12,17,22H,1,3-4,7-8,13-16H2,(H,27,29,30). The van der Waals surface area contributed by atoms with Crippen molar-refractivity contribution in [3.63, 3.8) is 0 Å². The first-order chi connectivity index (χ1) is 15.6. The lowest BCUT2D eigenvalue weighted by molar-refractivity contribution is -0.136. The van der Waals surface area contributed by atoms with Gasteiger partial charge < -0.3 is 4.90 Å². The molecule has 2 fully saturated rings. The lowest BCUT2D eigenvalue weighted by Crippen LogP contribution is -2.52. The van der Waals surface area contributed by atoms with Gasteiger partial charge in [0.2, 0.25) is 11.8 Å². The number of nitrogens with zero attached hydrogens (tertiary/aromatic N) is 1. The van der Waals surface area contributed by atoms with E-state index in [1.807, 2.05) is 12.1 Å². The van der Waals surface area contributed by atoms with E-state index in [9.17, 15) is 14.4 Å². The summed E-state index contributed by atoms with van der Waals surface area (Å²) in [5.74, 6) is 1.09. The molecule has 1 atom stereocenters. The molecule has 32 heavy (non-hydrogen) atoms. The van der Waals surface area contributed by atoms with E-state index < -0.39 is 6.04 Å². The van der Waals surface area contributed by atoms with Gasteiger partial charge in [-0.15, -0.1) is 11.8 Å². The van der Waals surface area contributed by atoms with E-state index in [2.05, 4.69) is 35.6 Å². The molecule has 0 spiro atoms. The molecule has 2 aromatic rings. The molecule has 0 radical (unpaired) electrons. The Kier molecular flexibility index (Phi) is 6.05. The highest BCUT2D eigenvalue weighted by Gasteiger charge is 2.39. The van der Waals surface area contributed by atoms with Gasteiger partial charge in [-0.2, -0.15) is 0 Å². The van der Waals surface area contributed by atoms with E-state index in [0.717, 1.165) is 28.6 Å². The van der Waals surface area contributed by atoms with Crippen LogP contribution in [0.2, 0.25) is 0 Å². The van der Waals surface area contributed by atoms with Crippen molar-refractivity contribution < 1.29 is 14.4 Å². The van der Waals surface area contributed by atoms with Crippen LogP contribution in [0.4, 0.5) is 0 Å². The Morgan fingerprint density at radius 1 is 0.969 bits per heavy atom. The number of carbonyl (C=O) groups is 3. The summed E-state index contributed by atoms with van der Waals surface area (Å²) >= 11 is 1.73. The molecule has 166 valence electrons. The summed E-state index contributed by atoms with van der Waals surface area (Å²) in [6.45, 7) is 0.420. The van der Waals surface area contributed by atoms with Crippen LogP contribution in [-0.4, -0.2) is 28.7 Å². The van der Waals surface area contributed by atoms with Crippen molar-refractivity contribution in [1.29, 1.82) is 0 Å². The van der Waals surface area contributed by atoms with Gasteiger partial charge in [-0.3, -0.25) is 19.7 Å². The molecule has 1 unspecified atom stereocenters. The summed E-state index contributed by atoms with van der Waals surface area (Å²) in [4.78, 5) is 39.4. The minimum atomic E-state index is -0.571. The van der Waals surface area contributed by atoms with Crippen LogP contribution in [-0.2, 0) is 28.3 Å². The van der Waals surface area contributed by atoms with Gasteiger partial charge in [-0.05, 0) is 54.0 Å². The molecule has 1 saturated carbocycles. The van der Waals surface area contributed by atoms with Crippen LogP contribution in [0.25, 0.3) is 0 Å². The minimum absolute atomic E-state index is 0.118. The van der Waals surface area contributed by atoms with Crippen LogP contribution in [0.15, 0.2) is 47.4 Å². The van der Waals surface area contributed by atoms with Crippen LogP contribution >= 0.6 is 11.8 Å². The number of benzene rings is 2. The molecule has 0 bridgehead atoms. The number of hydrogen-bond donors (Lipinski definition) is 1. The molecule has 2 aromatic carbocycles. The molecule has 6 heteroatoms. The average Bonchev–Trinajstić information content (AvgIpc) is 3.56. The van der Waals surface area contributed by atoms with Gasteiger partial charge in [-0.1, -0.05) is 49.6 Å². The van der Waals surface area contributed by atoms with Gasteiger partial charge >= 0.3 is 0 Å². The summed E-state index contributed by atoms with van der Waals surface area (Å²) in [5, 5.41) is 2.36. The third-order valence-electron chi connectivity index (χ3n) is 6.73. The van der Waals surface area contributed by atoms with Crippen molar-refractivity contribution in [2.24, 2.45) is 5.92 Å². The van der Waals surface area contributed by atoms with Crippen molar-refractivity contribution in [2.75, 3.05) is 0 Å². The number of fused-ring (bicyclic) bond motifs is 1. The monoisotopic (exact) mass is 448 g/mol. The van der Waals surface area contributed by atoms with Crippen LogP contribution in [0.5, 0.6) is 0 Å². The zero-order valence-electron chi connectivity index (χ0n) is 18.1. The number of hydrogen-bond acceptors (Lipinski definition) is 4. The Morgan fingerprint density at radius 2 is 1.75 bits per heavy atom. The van der Waals surface area contributed by atoms with Crippen molar-refractivity contribution >= 4 is 29.5 Å². The number of thioether (sulfide) groups is 1. The number of nitrogens with one attached hydrogen (secondary N) is 1. The predicted molar refractivity (Wildman–Crippen MR) is 124 cm³/mol. The summed E-state index contributed by atoms with van der Waals surface area (Å²) in [6.07, 6.45) is 7.33. The lowest BCUT2D eigenvalue weighted by atomic mass is 10.0. The molecule has 5 nitrogen and oxygen atoms in total. The molecule has 1 N–H and O–H groups in total. The molecule has 3 amide bonds. The highest BCUT2D eigenvalue weighted by Crippen LogP contribution is 2.36. The molecule has 2 aliphatic heterocycles. The summed E-state index contributed by atoms with van der Waals surface area (Å²) in [5.41, 5.74) is 4.34. The van der Waals surface area contributed by atoms with Crippen molar-refractivity contribution in [1.82, 2.24) is 10.2 Å². The predicted octanol–water partition coefficient (Wildman–Crippen LogP) is 4.47. The Morgan fingerprint density at radius 3 is 2.50 bits per heavy atom. The second-order valence-corrected chi connectivity index (χ2v) is 10.1. The Bertz CT molecular complexity index is 1050. The topological polar surface area (TPSA) is 66.5 Å². The Hall–Kier alpha value is -2.60. The van der Waals surface area contributed by atoms with Gasteiger partial charge in [0.15, 0.2) is 0 Å². The van der Waals surface area contributed by atoms with Gasteiger partial charge in [-0.25, -0.2) is 0 Å². The summed E-state index contributed by atoms with van der Waals surface area (Å²) in [6, 6.07) is 14.1. The van der Waals surface area contributed by atoms with Gasteiger partial charge in [0.25, 0.3) is 5.91 Å². The normalized spacial score (nSPS) is 20.4. The van der Waals surface area contributed by atoms with Crippen molar-refractivity contribution in [3.8, 4) is 0 Å². The van der Waals surface area contributed by atoms with Crippen LogP contribution in [0.3, 0.4) is 0 Å². The zero-order valence-corrected chi connectivity index (χ0v) is 19.0. The molecular formula is C26H28N2O3S. The maximum atomic E-state index is 13.0. The molecule has 0 aromatic heterocycles. The molecule has 3 aliphatic rings. The minimum Gasteiger partial charge on any atom is -0.322 e. The molecule has 2 heterocycles. The summed E-state index contributed by atoms with van der Waals surface area (Å²) in [7, 11) is 0. The highest BCUT2D eigenvalue weighted by atomic mass is 32.2. The quantitative estimate of drug-likeness (QED) is 0.478. The second-order valence-electron chi connectivity index (χ2n) is 9.12. The number of piperidine rings is 1. The van der Waals surface area contributed by atoms with E-state index in [1.54, 1.807) is 16.7 Å². The lowest BCUT2D eigenvalue weighted by Gasteiger charge is -2.29. The van der Waals surface area contributed by atoms with Crippen molar-refractivity contribution in [3.05, 3.63) is 64.7 Å². The molecule has 1 aliphatic carbocycles. The number of imide groups is 1. The number of amides is 3. The van der Waals surface area contributed by atoms with E-state index in [0.29, 0.717) is 18.5 Å². The fourth-order valence-electron chi connectivity index (χ4n) is 4.66. The molecule has 5 rings (SSSR count). The van der Waals surface area contributed by atoms with Gasteiger partial charge in [0, 0.05) is 29.2 Å². The van der Waals surface area contributed by atoms with Crippen LogP contribution in [0.1, 0.15) is 65.6 Å². The Labute approximate surface area is 192 Å². The smallest absolute Gasteiger partial charge is 0.255 e. The number of aryl methyl sites for hydroxylation is 1. The van der Waals surface area contributed by atoms with E-state index >= 15 is 0 Å². The number of rotatable bonds is 8. The van der Waals surface area contributed by atoms with Crippen LogP contribution < -0.4 is 5.32 Å². The van der Waals surface area contributed by atoms with Gasteiger partial charge in [0.05, 0.1) is 0 Å². The second kappa shape index (κ2) is 9.10. The first kappa shape index (κ1) is 21.3. The highest BCUT2D eigenvalue weighted by molar-refractivity contribution is 7.98. The zero-order chi connectivity index (χ0) is 22.1. The van der Waals surface area contributed by atoms with Crippen molar-refractivity contribution in [2.45, 2.75) is 68.2 Å². The Balaban J connectivity index is 1.22. The average molecular weight is 449 g/mol. The summed E-state index contributed by atoms with van der Waals surface area (Å²) < 4.78 is 0. The number of carbonyl (C=O) groups excluding carboxylic acids is 3. The third kappa shape index (κ3) is 4.60. The SMILES string of the molecule is O=C1CCC(N2Cc3c(SCc4ccc(CCCC5CC5)cc4)cccc3C2=O)C(=O)N1. The fourth-order valence-corrected chi connectivity index (χ4v) is 5.70. The fraction of sp³-hybridized carbons (Fsp3) is 0.423. The largest absolute Gasteiger partial charge is 0.322 e. The maximum absolute atomic E-state index is 13.0.